The Kier molecular flexibility index (Phi) is 6.72. The van der Waals surface area contributed by atoms with Crippen LogP contribution in [0, 0.1) is 0 Å². The van der Waals surface area contributed by atoms with E-state index in [1.165, 1.54) is 16.7 Å². The maximum Gasteiger partial charge on any atom is 0.0655 e. The van der Waals surface area contributed by atoms with Crippen LogP contribution in [0.1, 0.15) is 40.5 Å². The number of allylic oxidation sites excluding steroid dienone is 10. The van der Waals surface area contributed by atoms with Crippen LogP contribution in [0.25, 0.3) is 0 Å². The highest BCUT2D eigenvalue weighted by Gasteiger charge is 2.03. The fraction of sp³-hybridized carbons (Fsp3) is 0.316. The molecule has 0 aromatic carbocycles. The molecule has 1 heteroatoms. The smallest absolute Gasteiger partial charge is 0.0655 e. The molecular formula is C19H25N. The average molecular weight is 267 g/mol. The lowest BCUT2D eigenvalue weighted by atomic mass is 10.0. The van der Waals surface area contributed by atoms with E-state index in [2.05, 4.69) is 62.7 Å². The molecule has 0 bridgehead atoms. The van der Waals surface area contributed by atoms with Gasteiger partial charge in [-0.3, -0.25) is 4.99 Å². The monoisotopic (exact) mass is 267 g/mol. The Morgan fingerprint density at radius 3 is 2.60 bits per heavy atom. The molecule has 0 unspecified atom stereocenters. The van der Waals surface area contributed by atoms with Crippen molar-refractivity contribution in [3.63, 3.8) is 0 Å². The van der Waals surface area contributed by atoms with Gasteiger partial charge in [-0.25, -0.2) is 0 Å². The Balaban J connectivity index is 2.98. The third kappa shape index (κ3) is 4.65. The van der Waals surface area contributed by atoms with Crippen molar-refractivity contribution in [1.82, 2.24) is 0 Å². The summed E-state index contributed by atoms with van der Waals surface area (Å²) in [5.41, 5.74) is 6.05. The highest BCUT2D eigenvalue weighted by atomic mass is 14.7. The summed E-state index contributed by atoms with van der Waals surface area (Å²) in [6, 6.07) is 0. The molecule has 0 N–H and O–H groups in total. The van der Waals surface area contributed by atoms with E-state index >= 15 is 0 Å². The minimum atomic E-state index is 0.870. The lowest BCUT2D eigenvalue weighted by molar-refractivity contribution is 1.19. The molecule has 0 aromatic rings. The third-order valence-electron chi connectivity index (χ3n) is 3.40. The zero-order valence-corrected chi connectivity index (χ0v) is 13.1. The molecule has 1 rings (SSSR count). The molecule has 20 heavy (non-hydrogen) atoms. The predicted octanol–water partition coefficient (Wildman–Crippen LogP) is 5.71. The van der Waals surface area contributed by atoms with E-state index in [0.29, 0.717) is 0 Å². The topological polar surface area (TPSA) is 12.4 Å². The van der Waals surface area contributed by atoms with Crippen LogP contribution in [0.2, 0.25) is 0 Å². The second-order valence-corrected chi connectivity index (χ2v) is 4.97. The van der Waals surface area contributed by atoms with Crippen LogP contribution < -0.4 is 0 Å². The van der Waals surface area contributed by atoms with Crippen LogP contribution in [0.15, 0.2) is 76.0 Å². The molecule has 1 nitrogen and oxygen atoms in total. The van der Waals surface area contributed by atoms with Gasteiger partial charge in [0.1, 0.15) is 0 Å². The van der Waals surface area contributed by atoms with Gasteiger partial charge in [0.25, 0.3) is 0 Å². The summed E-state index contributed by atoms with van der Waals surface area (Å²) in [4.78, 5) is 4.66. The molecule has 0 aliphatic heterocycles. The Morgan fingerprint density at radius 2 is 2.00 bits per heavy atom. The minimum absolute atomic E-state index is 0.870. The van der Waals surface area contributed by atoms with Crippen LogP contribution in [-0.4, -0.2) is 6.21 Å². The average Bonchev–Trinajstić information content (AvgIpc) is 2.61. The number of rotatable bonds is 5. The van der Waals surface area contributed by atoms with Gasteiger partial charge in [-0.05, 0) is 63.3 Å². The second-order valence-electron chi connectivity index (χ2n) is 4.97. The van der Waals surface area contributed by atoms with Crippen molar-refractivity contribution in [1.29, 1.82) is 0 Å². The normalized spacial score (nSPS) is 17.5. The van der Waals surface area contributed by atoms with Crippen LogP contribution in [0.4, 0.5) is 0 Å². The van der Waals surface area contributed by atoms with Gasteiger partial charge in [0, 0.05) is 6.21 Å². The molecule has 0 aromatic heterocycles. The first-order valence-electron chi connectivity index (χ1n) is 7.13. The zero-order valence-electron chi connectivity index (χ0n) is 13.1. The molecule has 0 spiro atoms. The summed E-state index contributed by atoms with van der Waals surface area (Å²) < 4.78 is 0. The van der Waals surface area contributed by atoms with E-state index in [1.54, 1.807) is 0 Å². The summed E-state index contributed by atoms with van der Waals surface area (Å²) in [5.74, 6) is 0. The van der Waals surface area contributed by atoms with Crippen molar-refractivity contribution in [3.05, 3.63) is 71.0 Å². The van der Waals surface area contributed by atoms with Crippen molar-refractivity contribution >= 4 is 6.21 Å². The molecule has 0 amide bonds. The van der Waals surface area contributed by atoms with Crippen molar-refractivity contribution in [3.8, 4) is 0 Å². The SMILES string of the molecule is C=CCC(=C\C)/C(/C=N\C1=CC=C(C)CC=C1C)=C\C. The van der Waals surface area contributed by atoms with E-state index in [1.807, 2.05) is 19.2 Å². The Morgan fingerprint density at radius 1 is 1.25 bits per heavy atom. The summed E-state index contributed by atoms with van der Waals surface area (Å²) in [6.07, 6.45) is 16.5. The van der Waals surface area contributed by atoms with Gasteiger partial charge < -0.3 is 0 Å². The Bertz CT molecular complexity index is 534. The number of aliphatic imine (C=N–C) groups is 1. The Labute approximate surface area is 123 Å². The van der Waals surface area contributed by atoms with Gasteiger partial charge in [-0.1, -0.05) is 36.0 Å². The maximum atomic E-state index is 4.66. The number of hydrogen-bond donors (Lipinski definition) is 0. The summed E-state index contributed by atoms with van der Waals surface area (Å²) in [5, 5.41) is 0. The van der Waals surface area contributed by atoms with E-state index < -0.39 is 0 Å². The second kappa shape index (κ2) is 8.31. The highest BCUT2D eigenvalue weighted by molar-refractivity contribution is 5.85. The van der Waals surface area contributed by atoms with Gasteiger partial charge in [-0.15, -0.1) is 6.58 Å². The largest absolute Gasteiger partial charge is 0.256 e. The lowest BCUT2D eigenvalue weighted by Gasteiger charge is -2.05. The van der Waals surface area contributed by atoms with Gasteiger partial charge in [0.2, 0.25) is 0 Å². The lowest BCUT2D eigenvalue weighted by Crippen LogP contribution is -1.92. The van der Waals surface area contributed by atoms with Gasteiger partial charge in [0.05, 0.1) is 5.70 Å². The zero-order chi connectivity index (χ0) is 15.0. The third-order valence-corrected chi connectivity index (χ3v) is 3.40. The van der Waals surface area contributed by atoms with Crippen molar-refractivity contribution < 1.29 is 0 Å². The molecule has 0 radical (unpaired) electrons. The quantitative estimate of drug-likeness (QED) is 0.344. The van der Waals surface area contributed by atoms with Crippen LogP contribution in [-0.2, 0) is 0 Å². The number of nitrogens with zero attached hydrogens (tertiary/aromatic N) is 1. The molecule has 0 heterocycles. The minimum Gasteiger partial charge on any atom is -0.256 e. The van der Waals surface area contributed by atoms with Crippen LogP contribution in [0.3, 0.4) is 0 Å². The van der Waals surface area contributed by atoms with Crippen LogP contribution in [0.5, 0.6) is 0 Å². The highest BCUT2D eigenvalue weighted by Crippen LogP contribution is 2.20. The predicted molar refractivity (Wildman–Crippen MR) is 91.0 cm³/mol. The van der Waals surface area contributed by atoms with E-state index in [0.717, 1.165) is 24.1 Å². The van der Waals surface area contributed by atoms with Crippen LogP contribution >= 0.6 is 0 Å². The summed E-state index contributed by atoms with van der Waals surface area (Å²) in [6.45, 7) is 12.2. The standard InChI is InChI=1S/C19H25N/c1-6-9-17(7-2)18(8-3)14-20-19-13-11-15(4)10-12-16(19)5/h6-8,11-14H,1,9-10H2,2-5H3/b17-7+,18-8-,20-14-. The molecule has 0 atom stereocenters. The molecule has 0 fully saturated rings. The van der Waals surface area contributed by atoms with E-state index in [9.17, 15) is 0 Å². The van der Waals surface area contributed by atoms with Crippen molar-refractivity contribution in [2.45, 2.75) is 40.5 Å². The fourth-order valence-electron chi connectivity index (χ4n) is 2.02. The molecule has 1 aliphatic rings. The maximum absolute atomic E-state index is 4.66. The molecular weight excluding hydrogens is 242 g/mol. The van der Waals surface area contributed by atoms with Gasteiger partial charge in [-0.2, -0.15) is 0 Å². The summed E-state index contributed by atoms with van der Waals surface area (Å²) in [7, 11) is 0. The van der Waals surface area contributed by atoms with Gasteiger partial charge >= 0.3 is 0 Å². The molecule has 106 valence electrons. The van der Waals surface area contributed by atoms with Crippen molar-refractivity contribution in [2.75, 3.05) is 0 Å². The molecule has 0 saturated heterocycles. The Hall–Kier alpha value is -1.89. The van der Waals surface area contributed by atoms with E-state index in [4.69, 9.17) is 0 Å². The molecule has 1 aliphatic carbocycles. The first-order valence-corrected chi connectivity index (χ1v) is 7.13. The fourth-order valence-corrected chi connectivity index (χ4v) is 2.02. The molecule has 0 saturated carbocycles. The summed E-state index contributed by atoms with van der Waals surface area (Å²) >= 11 is 0. The first-order chi connectivity index (χ1) is 9.62. The van der Waals surface area contributed by atoms with Gasteiger partial charge in [0.15, 0.2) is 0 Å². The van der Waals surface area contributed by atoms with E-state index in [-0.39, 0.29) is 0 Å². The first kappa shape index (κ1) is 16.2. The van der Waals surface area contributed by atoms with Crippen molar-refractivity contribution in [2.24, 2.45) is 4.99 Å². The number of hydrogen-bond acceptors (Lipinski definition) is 1.